The maximum atomic E-state index is 13.4. The lowest BCUT2D eigenvalue weighted by molar-refractivity contribution is 0.0940. The summed E-state index contributed by atoms with van der Waals surface area (Å²) in [6.07, 6.45) is 5.26. The van der Waals surface area contributed by atoms with E-state index in [-0.39, 0.29) is 40.6 Å². The van der Waals surface area contributed by atoms with E-state index in [0.29, 0.717) is 31.6 Å². The number of amides is 3. The second kappa shape index (κ2) is 13.5. The predicted octanol–water partition coefficient (Wildman–Crippen LogP) is 4.48. The predicted molar refractivity (Wildman–Crippen MR) is 183 cm³/mol. The molecule has 0 radical (unpaired) electrons. The van der Waals surface area contributed by atoms with Crippen molar-refractivity contribution in [2.75, 3.05) is 39.0 Å². The van der Waals surface area contributed by atoms with Gasteiger partial charge in [0.1, 0.15) is 17.7 Å². The van der Waals surface area contributed by atoms with Gasteiger partial charge in [-0.3, -0.25) is 14.5 Å². The van der Waals surface area contributed by atoms with Crippen molar-refractivity contribution < 1.29 is 14.3 Å². The maximum absolute atomic E-state index is 13.4. The lowest BCUT2D eigenvalue weighted by atomic mass is 9.85. The first-order valence-corrected chi connectivity index (χ1v) is 16.7. The van der Waals surface area contributed by atoms with Crippen LogP contribution in [0.3, 0.4) is 0 Å². The third-order valence-electron chi connectivity index (χ3n) is 9.04. The minimum absolute atomic E-state index is 0.0184. The standard InChI is InChI=1S/C35H46N10O3/c1-34(2,3)27-20-28(40-30(39-27)31(46)36-18-19-44(5)6)41-33(47)38-25-13-14-26(24-11-8-7-10-23(24)25)48-22-12-15-29-42-43-32(45(29)21-22)35(4)16-9-17-37-35/h7-8,10-12,15,20-21,25-26,37H,9,13-14,16-19H2,1-6H3,(H,36,46)(H2,38,39,40,41,47)/t25-,26+,35-/m0/s1. The van der Waals surface area contributed by atoms with E-state index in [0.717, 1.165) is 47.7 Å². The van der Waals surface area contributed by atoms with E-state index in [1.807, 2.05) is 80.7 Å². The van der Waals surface area contributed by atoms with Crippen molar-refractivity contribution >= 4 is 23.4 Å². The molecule has 48 heavy (non-hydrogen) atoms. The van der Waals surface area contributed by atoms with Gasteiger partial charge in [0.25, 0.3) is 5.91 Å². The molecule has 1 saturated heterocycles. The number of hydrogen-bond acceptors (Lipinski definition) is 9. The molecule has 1 aliphatic carbocycles. The Bertz CT molecular complexity index is 1790. The van der Waals surface area contributed by atoms with E-state index in [4.69, 9.17) is 4.74 Å². The SMILES string of the molecule is CN(C)CCNC(=O)c1nc(NC(=O)N[C@H]2CC[C@@H](Oc3ccc4nnc([C@]5(C)CCCN5)n4c3)c3ccccc32)cc(C(C)(C)C)n1. The molecule has 0 unspecified atom stereocenters. The first-order chi connectivity index (χ1) is 22.9. The number of pyridine rings is 1. The quantitative estimate of drug-likeness (QED) is 0.205. The second-order valence-corrected chi connectivity index (χ2v) is 14.2. The van der Waals surface area contributed by atoms with E-state index in [2.05, 4.69) is 54.4 Å². The van der Waals surface area contributed by atoms with Crippen LogP contribution < -0.4 is 26.0 Å². The molecule has 6 rings (SSSR count). The van der Waals surface area contributed by atoms with Crippen LogP contribution in [0.15, 0.2) is 48.7 Å². The summed E-state index contributed by atoms with van der Waals surface area (Å²) in [5.74, 6) is 1.51. The Morgan fingerprint density at radius 3 is 2.60 bits per heavy atom. The van der Waals surface area contributed by atoms with Gasteiger partial charge in [-0.25, -0.2) is 14.8 Å². The molecule has 0 saturated carbocycles. The summed E-state index contributed by atoms with van der Waals surface area (Å²) in [6, 6.07) is 13.0. The summed E-state index contributed by atoms with van der Waals surface area (Å²) in [6.45, 7) is 10.3. The van der Waals surface area contributed by atoms with Crippen LogP contribution in [-0.4, -0.2) is 75.1 Å². The summed E-state index contributed by atoms with van der Waals surface area (Å²) >= 11 is 0. The normalized spacial score (nSPS) is 20.8. The molecule has 3 amide bonds. The number of nitrogens with one attached hydrogen (secondary N) is 4. The number of rotatable bonds is 9. The molecular formula is C35H46N10O3. The van der Waals surface area contributed by atoms with Gasteiger partial charge in [0.15, 0.2) is 11.5 Å². The van der Waals surface area contributed by atoms with Gasteiger partial charge in [0.2, 0.25) is 5.82 Å². The lowest BCUT2D eigenvalue weighted by Crippen LogP contribution is -2.36. The molecule has 1 fully saturated rings. The number of likely N-dealkylation sites (N-methyl/N-ethyl adjacent to an activating group) is 1. The van der Waals surface area contributed by atoms with Crippen LogP contribution in [0.1, 0.15) is 98.8 Å². The van der Waals surface area contributed by atoms with Gasteiger partial charge in [0.05, 0.1) is 23.5 Å². The highest BCUT2D eigenvalue weighted by Gasteiger charge is 2.35. The summed E-state index contributed by atoms with van der Waals surface area (Å²) in [5.41, 5.74) is 2.86. The maximum Gasteiger partial charge on any atom is 0.320 e. The van der Waals surface area contributed by atoms with Crippen LogP contribution in [0.4, 0.5) is 10.6 Å². The van der Waals surface area contributed by atoms with Gasteiger partial charge in [-0.2, -0.15) is 0 Å². The van der Waals surface area contributed by atoms with Crippen molar-refractivity contribution in [2.45, 2.75) is 76.5 Å². The first kappa shape index (κ1) is 33.3. The number of aromatic nitrogens is 5. The number of ether oxygens (including phenoxy) is 1. The minimum Gasteiger partial charge on any atom is -0.484 e. The number of urea groups is 1. The molecule has 4 N–H and O–H groups in total. The number of benzene rings is 1. The van der Waals surface area contributed by atoms with Gasteiger partial charge < -0.3 is 25.6 Å². The molecule has 3 atom stereocenters. The van der Waals surface area contributed by atoms with Gasteiger partial charge in [0, 0.05) is 24.6 Å². The number of carbonyl (C=O) groups excluding carboxylic acids is 2. The molecule has 3 aromatic heterocycles. The fourth-order valence-electron chi connectivity index (χ4n) is 6.37. The lowest BCUT2D eigenvalue weighted by Gasteiger charge is -2.32. The van der Waals surface area contributed by atoms with Crippen LogP contribution in [0, 0.1) is 0 Å². The van der Waals surface area contributed by atoms with Crippen LogP contribution in [-0.2, 0) is 11.0 Å². The van der Waals surface area contributed by atoms with Crippen LogP contribution in [0.2, 0.25) is 0 Å². The van der Waals surface area contributed by atoms with Crippen molar-refractivity contribution in [3.63, 3.8) is 0 Å². The van der Waals surface area contributed by atoms with E-state index in [1.54, 1.807) is 6.07 Å². The number of fused-ring (bicyclic) bond motifs is 2. The first-order valence-electron chi connectivity index (χ1n) is 16.7. The summed E-state index contributed by atoms with van der Waals surface area (Å²) in [5, 5.41) is 21.3. The van der Waals surface area contributed by atoms with Crippen LogP contribution in [0.25, 0.3) is 5.65 Å². The molecule has 254 valence electrons. The fourth-order valence-corrected chi connectivity index (χ4v) is 6.37. The Balaban J connectivity index is 1.16. The minimum atomic E-state index is -0.411. The van der Waals surface area contributed by atoms with Gasteiger partial charge >= 0.3 is 6.03 Å². The van der Waals surface area contributed by atoms with Gasteiger partial charge in [-0.15, -0.1) is 10.2 Å². The third-order valence-corrected chi connectivity index (χ3v) is 9.04. The second-order valence-electron chi connectivity index (χ2n) is 14.2. The monoisotopic (exact) mass is 654 g/mol. The Hall–Kier alpha value is -4.62. The molecule has 4 aromatic rings. The van der Waals surface area contributed by atoms with Gasteiger partial charge in [-0.1, -0.05) is 45.0 Å². The highest BCUT2D eigenvalue weighted by Crippen LogP contribution is 2.39. The largest absolute Gasteiger partial charge is 0.484 e. The average Bonchev–Trinajstić information content (AvgIpc) is 3.68. The number of nitrogens with zero attached hydrogens (tertiary/aromatic N) is 6. The van der Waals surface area contributed by atoms with Gasteiger partial charge in [-0.05, 0) is 76.5 Å². The molecule has 0 spiro atoms. The molecule has 13 nitrogen and oxygen atoms in total. The van der Waals surface area contributed by atoms with Crippen LogP contribution in [0.5, 0.6) is 5.75 Å². The zero-order chi connectivity index (χ0) is 34.1. The molecule has 2 aliphatic rings. The molecule has 1 aliphatic heterocycles. The molecular weight excluding hydrogens is 608 g/mol. The zero-order valence-electron chi connectivity index (χ0n) is 28.6. The molecule has 0 bridgehead atoms. The fraction of sp³-hybridized carbons (Fsp3) is 0.486. The number of carbonyl (C=O) groups is 2. The van der Waals surface area contributed by atoms with E-state index < -0.39 is 6.03 Å². The zero-order valence-corrected chi connectivity index (χ0v) is 28.6. The van der Waals surface area contributed by atoms with Crippen molar-refractivity contribution in [1.29, 1.82) is 0 Å². The van der Waals surface area contributed by atoms with E-state index >= 15 is 0 Å². The van der Waals surface area contributed by atoms with E-state index in [1.165, 1.54) is 0 Å². The summed E-state index contributed by atoms with van der Waals surface area (Å²) in [7, 11) is 3.87. The van der Waals surface area contributed by atoms with Crippen molar-refractivity contribution in [3.05, 3.63) is 77.1 Å². The molecule has 13 heteroatoms. The van der Waals surface area contributed by atoms with Crippen molar-refractivity contribution in [3.8, 4) is 5.75 Å². The molecule has 4 heterocycles. The van der Waals surface area contributed by atoms with Crippen LogP contribution >= 0.6 is 0 Å². The Kier molecular flexibility index (Phi) is 9.35. The van der Waals surface area contributed by atoms with Crippen molar-refractivity contribution in [2.24, 2.45) is 0 Å². The molecule has 1 aromatic carbocycles. The number of anilines is 1. The summed E-state index contributed by atoms with van der Waals surface area (Å²) in [4.78, 5) is 37.1. The topological polar surface area (TPSA) is 151 Å². The summed E-state index contributed by atoms with van der Waals surface area (Å²) < 4.78 is 8.62. The highest BCUT2D eigenvalue weighted by atomic mass is 16.5. The smallest absolute Gasteiger partial charge is 0.320 e. The van der Waals surface area contributed by atoms with Crippen molar-refractivity contribution in [1.82, 2.24) is 45.4 Å². The highest BCUT2D eigenvalue weighted by molar-refractivity contribution is 5.92. The Morgan fingerprint density at radius 1 is 1.08 bits per heavy atom. The number of hydrogen-bond donors (Lipinski definition) is 4. The average molecular weight is 655 g/mol. The Morgan fingerprint density at radius 2 is 1.88 bits per heavy atom. The third kappa shape index (κ3) is 7.26. The van der Waals surface area contributed by atoms with E-state index in [9.17, 15) is 9.59 Å². The Labute approximate surface area is 281 Å².